The van der Waals surface area contributed by atoms with E-state index in [4.69, 9.17) is 5.11 Å². The number of aromatic nitrogens is 1. The molecule has 0 saturated carbocycles. The molecule has 74 valence electrons. The van der Waals surface area contributed by atoms with E-state index < -0.39 is 11.9 Å². The zero-order chi connectivity index (χ0) is 10.6. The number of hydrogen-bond acceptors (Lipinski definition) is 3. The predicted molar refractivity (Wildman–Crippen MR) is 48.5 cm³/mol. The number of pyridine rings is 1. The van der Waals surface area contributed by atoms with Crippen molar-refractivity contribution in [3.05, 3.63) is 29.6 Å². The first-order valence-electron chi connectivity index (χ1n) is 4.03. The molecule has 0 bridgehead atoms. The summed E-state index contributed by atoms with van der Waals surface area (Å²) < 4.78 is 0. The molecule has 1 rings (SSSR count). The maximum absolute atomic E-state index is 10.7. The Morgan fingerprint density at radius 1 is 1.57 bits per heavy atom. The molecule has 0 atom stereocenters. The van der Waals surface area contributed by atoms with Crippen LogP contribution in [0.4, 0.5) is 0 Å². The Bertz CT molecular complexity index is 363. The fraction of sp³-hybridized carbons (Fsp3) is 0.222. The number of hydrogen-bond donors (Lipinski definition) is 2. The number of carbonyl (C=O) groups excluding carboxylic acids is 1. The van der Waals surface area contributed by atoms with Crippen LogP contribution >= 0.6 is 0 Å². The highest BCUT2D eigenvalue weighted by Crippen LogP contribution is 2.01. The molecule has 0 fully saturated rings. The quantitative estimate of drug-likeness (QED) is 0.654. The monoisotopic (exact) mass is 194 g/mol. The Morgan fingerprint density at radius 2 is 2.29 bits per heavy atom. The number of aliphatic carboxylic acids is 1. The van der Waals surface area contributed by atoms with Gasteiger partial charge in [0.25, 0.3) is 0 Å². The molecule has 0 aromatic carbocycles. The first kappa shape index (κ1) is 10.2. The molecule has 0 saturated heterocycles. The predicted octanol–water partition coefficient (Wildman–Crippen LogP) is 0.0908. The van der Waals surface area contributed by atoms with Gasteiger partial charge in [0.1, 0.15) is 0 Å². The highest BCUT2D eigenvalue weighted by atomic mass is 16.4. The number of nitrogens with zero attached hydrogens (tertiary/aromatic N) is 1. The molecule has 0 aliphatic heterocycles. The molecule has 1 heterocycles. The van der Waals surface area contributed by atoms with Gasteiger partial charge in [-0.2, -0.15) is 0 Å². The lowest BCUT2D eigenvalue weighted by molar-refractivity contribution is -0.150. The maximum Gasteiger partial charge on any atom is 0.394 e. The Morgan fingerprint density at radius 3 is 2.86 bits per heavy atom. The van der Waals surface area contributed by atoms with Crippen LogP contribution < -0.4 is 5.32 Å². The van der Waals surface area contributed by atoms with Crippen LogP contribution in [0, 0.1) is 6.92 Å². The second kappa shape index (κ2) is 4.36. The summed E-state index contributed by atoms with van der Waals surface area (Å²) in [5.41, 5.74) is 1.58. The van der Waals surface area contributed by atoms with Crippen molar-refractivity contribution in [1.82, 2.24) is 10.3 Å². The smallest absolute Gasteiger partial charge is 0.394 e. The van der Waals surface area contributed by atoms with Gasteiger partial charge < -0.3 is 10.4 Å². The molecule has 0 aliphatic rings. The molecule has 0 unspecified atom stereocenters. The Labute approximate surface area is 80.8 Å². The van der Waals surface area contributed by atoms with Crippen molar-refractivity contribution in [3.63, 3.8) is 0 Å². The summed E-state index contributed by atoms with van der Waals surface area (Å²) in [5, 5.41) is 10.5. The van der Waals surface area contributed by atoms with Crippen molar-refractivity contribution < 1.29 is 14.7 Å². The number of carbonyl (C=O) groups is 2. The Hall–Kier alpha value is -1.91. The minimum absolute atomic E-state index is 0.137. The molecular formula is C9H10N2O3. The van der Waals surface area contributed by atoms with Crippen LogP contribution in [-0.2, 0) is 16.1 Å². The fourth-order valence-corrected chi connectivity index (χ4v) is 0.943. The van der Waals surface area contributed by atoms with E-state index >= 15 is 0 Å². The van der Waals surface area contributed by atoms with E-state index in [0.717, 1.165) is 5.56 Å². The van der Waals surface area contributed by atoms with Crippen LogP contribution in [0.5, 0.6) is 0 Å². The Balaban J connectivity index is 2.58. The minimum atomic E-state index is -1.49. The van der Waals surface area contributed by atoms with Gasteiger partial charge in [0.15, 0.2) is 0 Å². The van der Waals surface area contributed by atoms with Crippen LogP contribution in [0.3, 0.4) is 0 Å². The van der Waals surface area contributed by atoms with Crippen LogP contribution in [0.1, 0.15) is 11.3 Å². The van der Waals surface area contributed by atoms with Gasteiger partial charge >= 0.3 is 11.9 Å². The third kappa shape index (κ3) is 2.55. The van der Waals surface area contributed by atoms with Gasteiger partial charge in [-0.3, -0.25) is 9.78 Å². The normalized spacial score (nSPS) is 9.50. The molecule has 5 nitrogen and oxygen atoms in total. The molecule has 1 aromatic heterocycles. The summed E-state index contributed by atoms with van der Waals surface area (Å²) in [4.78, 5) is 24.9. The summed E-state index contributed by atoms with van der Waals surface area (Å²) in [5.74, 6) is -2.51. The van der Waals surface area contributed by atoms with Gasteiger partial charge in [-0.25, -0.2) is 4.79 Å². The topological polar surface area (TPSA) is 79.3 Å². The lowest BCUT2D eigenvalue weighted by Gasteiger charge is -2.03. The number of carboxylic acid groups (broad SMARTS) is 1. The zero-order valence-corrected chi connectivity index (χ0v) is 7.65. The van der Waals surface area contributed by atoms with Crippen molar-refractivity contribution in [2.24, 2.45) is 0 Å². The number of amides is 1. The van der Waals surface area contributed by atoms with E-state index in [1.807, 2.05) is 13.0 Å². The third-order valence-electron chi connectivity index (χ3n) is 1.73. The number of nitrogens with one attached hydrogen (secondary N) is 1. The van der Waals surface area contributed by atoms with E-state index in [2.05, 4.69) is 10.3 Å². The largest absolute Gasteiger partial charge is 0.474 e. The van der Waals surface area contributed by atoms with Crippen molar-refractivity contribution in [3.8, 4) is 0 Å². The number of carboxylic acids is 1. The lowest BCUT2D eigenvalue weighted by atomic mass is 10.2. The minimum Gasteiger partial charge on any atom is -0.474 e. The summed E-state index contributed by atoms with van der Waals surface area (Å²) >= 11 is 0. The van der Waals surface area contributed by atoms with Crippen LogP contribution in [0.25, 0.3) is 0 Å². The first-order chi connectivity index (χ1) is 6.61. The van der Waals surface area contributed by atoms with Gasteiger partial charge in [-0.1, -0.05) is 6.07 Å². The standard InChI is InChI=1S/C9H10N2O3/c1-6-3-2-4-10-7(6)5-11-8(12)9(13)14/h2-4H,5H2,1H3,(H,11,12)(H,13,14). The fourth-order valence-electron chi connectivity index (χ4n) is 0.943. The first-order valence-corrected chi connectivity index (χ1v) is 4.03. The van der Waals surface area contributed by atoms with E-state index in [-0.39, 0.29) is 6.54 Å². The lowest BCUT2D eigenvalue weighted by Crippen LogP contribution is -2.30. The second-order valence-electron chi connectivity index (χ2n) is 2.75. The van der Waals surface area contributed by atoms with Crippen molar-refractivity contribution >= 4 is 11.9 Å². The van der Waals surface area contributed by atoms with Crippen LogP contribution in [-0.4, -0.2) is 22.0 Å². The highest BCUT2D eigenvalue weighted by molar-refractivity contribution is 6.31. The van der Waals surface area contributed by atoms with E-state index in [9.17, 15) is 9.59 Å². The third-order valence-corrected chi connectivity index (χ3v) is 1.73. The van der Waals surface area contributed by atoms with Crippen LogP contribution in [0.15, 0.2) is 18.3 Å². The molecular weight excluding hydrogens is 184 g/mol. The van der Waals surface area contributed by atoms with E-state index in [1.165, 1.54) is 0 Å². The van der Waals surface area contributed by atoms with Crippen molar-refractivity contribution in [1.29, 1.82) is 0 Å². The zero-order valence-electron chi connectivity index (χ0n) is 7.65. The molecule has 0 radical (unpaired) electrons. The SMILES string of the molecule is Cc1cccnc1CNC(=O)C(=O)O. The van der Waals surface area contributed by atoms with E-state index in [0.29, 0.717) is 5.69 Å². The maximum atomic E-state index is 10.7. The highest BCUT2D eigenvalue weighted by Gasteiger charge is 2.10. The van der Waals surface area contributed by atoms with Gasteiger partial charge in [-0.15, -0.1) is 0 Å². The summed E-state index contributed by atoms with van der Waals surface area (Å²) in [7, 11) is 0. The van der Waals surface area contributed by atoms with Gasteiger partial charge in [0, 0.05) is 6.20 Å². The number of rotatable bonds is 2. The molecule has 1 aromatic rings. The van der Waals surface area contributed by atoms with Crippen LogP contribution in [0.2, 0.25) is 0 Å². The molecule has 5 heteroatoms. The van der Waals surface area contributed by atoms with Crippen molar-refractivity contribution in [2.45, 2.75) is 13.5 Å². The van der Waals surface area contributed by atoms with Crippen molar-refractivity contribution in [2.75, 3.05) is 0 Å². The molecule has 0 aliphatic carbocycles. The van der Waals surface area contributed by atoms with Gasteiger partial charge in [-0.05, 0) is 18.6 Å². The summed E-state index contributed by atoms with van der Waals surface area (Å²) in [6.45, 7) is 1.98. The average Bonchev–Trinajstić information content (AvgIpc) is 2.16. The Kier molecular flexibility index (Phi) is 3.17. The summed E-state index contributed by atoms with van der Waals surface area (Å²) in [6.07, 6.45) is 1.59. The molecule has 0 spiro atoms. The number of aryl methyl sites for hydroxylation is 1. The molecule has 2 N–H and O–H groups in total. The average molecular weight is 194 g/mol. The molecule has 1 amide bonds. The van der Waals surface area contributed by atoms with Gasteiger partial charge in [0.2, 0.25) is 0 Å². The van der Waals surface area contributed by atoms with E-state index in [1.54, 1.807) is 12.3 Å². The summed E-state index contributed by atoms with van der Waals surface area (Å²) in [6, 6.07) is 3.62. The second-order valence-corrected chi connectivity index (χ2v) is 2.75. The molecule has 14 heavy (non-hydrogen) atoms. The van der Waals surface area contributed by atoms with Gasteiger partial charge in [0.05, 0.1) is 12.2 Å².